The summed E-state index contributed by atoms with van der Waals surface area (Å²) < 4.78 is 15.5. The molecule has 0 aromatic rings. The standard InChI is InChI=1S/C9H16O4/c1-3-9(12-6-7-13-9)5-4-8(10)11-2/h3-7H2,1-2H3. The van der Waals surface area contributed by atoms with Crippen LogP contribution in [-0.4, -0.2) is 32.1 Å². The lowest BCUT2D eigenvalue weighted by atomic mass is 10.1. The Morgan fingerprint density at radius 2 is 2.08 bits per heavy atom. The van der Waals surface area contributed by atoms with E-state index in [0.717, 1.165) is 6.42 Å². The van der Waals surface area contributed by atoms with Gasteiger partial charge in [0.15, 0.2) is 5.79 Å². The van der Waals surface area contributed by atoms with Crippen LogP contribution in [-0.2, 0) is 19.0 Å². The zero-order valence-electron chi connectivity index (χ0n) is 8.17. The van der Waals surface area contributed by atoms with Crippen LogP contribution in [0.3, 0.4) is 0 Å². The molecule has 0 aromatic heterocycles. The molecule has 0 amide bonds. The van der Waals surface area contributed by atoms with Gasteiger partial charge in [0.05, 0.1) is 26.7 Å². The van der Waals surface area contributed by atoms with Crippen LogP contribution in [0.2, 0.25) is 0 Å². The summed E-state index contributed by atoms with van der Waals surface area (Å²) in [5.41, 5.74) is 0. The molecule has 1 aliphatic heterocycles. The summed E-state index contributed by atoms with van der Waals surface area (Å²) in [6.45, 7) is 3.23. The van der Waals surface area contributed by atoms with E-state index in [1.165, 1.54) is 7.11 Å². The van der Waals surface area contributed by atoms with Gasteiger partial charge in [0.1, 0.15) is 0 Å². The molecule has 76 valence electrons. The lowest BCUT2D eigenvalue weighted by molar-refractivity contribution is -0.171. The highest BCUT2D eigenvalue weighted by atomic mass is 16.7. The number of rotatable bonds is 4. The highest BCUT2D eigenvalue weighted by Crippen LogP contribution is 2.28. The van der Waals surface area contributed by atoms with Crippen LogP contribution < -0.4 is 0 Å². The summed E-state index contributed by atoms with van der Waals surface area (Å²) in [5.74, 6) is -0.749. The average Bonchev–Trinajstić information content (AvgIpc) is 2.63. The minimum absolute atomic E-state index is 0.216. The topological polar surface area (TPSA) is 44.8 Å². The van der Waals surface area contributed by atoms with Crippen LogP contribution in [0.5, 0.6) is 0 Å². The second kappa shape index (κ2) is 4.58. The number of ether oxygens (including phenoxy) is 3. The molecule has 1 aliphatic rings. The zero-order valence-corrected chi connectivity index (χ0v) is 8.17. The smallest absolute Gasteiger partial charge is 0.305 e. The minimum Gasteiger partial charge on any atom is -0.469 e. The van der Waals surface area contributed by atoms with Crippen LogP contribution in [0.4, 0.5) is 0 Å². The van der Waals surface area contributed by atoms with Gasteiger partial charge < -0.3 is 14.2 Å². The van der Waals surface area contributed by atoms with Crippen molar-refractivity contribution in [2.75, 3.05) is 20.3 Å². The maximum Gasteiger partial charge on any atom is 0.305 e. The Hall–Kier alpha value is -0.610. The lowest BCUT2D eigenvalue weighted by Gasteiger charge is -2.25. The van der Waals surface area contributed by atoms with Crippen LogP contribution >= 0.6 is 0 Å². The Kier molecular flexibility index (Phi) is 3.69. The van der Waals surface area contributed by atoms with E-state index in [1.807, 2.05) is 6.92 Å². The maximum absolute atomic E-state index is 10.9. The second-order valence-corrected chi connectivity index (χ2v) is 3.04. The molecule has 1 heterocycles. The molecule has 1 saturated heterocycles. The Morgan fingerprint density at radius 1 is 1.46 bits per heavy atom. The Bertz CT molecular complexity index is 172. The highest BCUT2D eigenvalue weighted by Gasteiger charge is 2.34. The summed E-state index contributed by atoms with van der Waals surface area (Å²) in [7, 11) is 1.39. The molecular weight excluding hydrogens is 172 g/mol. The first-order valence-electron chi connectivity index (χ1n) is 4.57. The summed E-state index contributed by atoms with van der Waals surface area (Å²) in [4.78, 5) is 10.9. The summed E-state index contributed by atoms with van der Waals surface area (Å²) in [6, 6.07) is 0. The summed E-state index contributed by atoms with van der Waals surface area (Å²) in [5, 5.41) is 0. The molecule has 0 bridgehead atoms. The van der Waals surface area contributed by atoms with Crippen molar-refractivity contribution in [1.82, 2.24) is 0 Å². The predicted molar refractivity (Wildman–Crippen MR) is 46.2 cm³/mol. The van der Waals surface area contributed by atoms with E-state index in [1.54, 1.807) is 0 Å². The van der Waals surface area contributed by atoms with Crippen molar-refractivity contribution < 1.29 is 19.0 Å². The van der Waals surface area contributed by atoms with Gasteiger partial charge >= 0.3 is 5.97 Å². The average molecular weight is 188 g/mol. The Labute approximate surface area is 78.2 Å². The van der Waals surface area contributed by atoms with Crippen LogP contribution in [0.25, 0.3) is 0 Å². The third kappa shape index (κ3) is 2.67. The molecule has 0 aliphatic carbocycles. The van der Waals surface area contributed by atoms with E-state index in [0.29, 0.717) is 26.1 Å². The van der Waals surface area contributed by atoms with Crippen molar-refractivity contribution in [1.29, 1.82) is 0 Å². The summed E-state index contributed by atoms with van der Waals surface area (Å²) in [6.07, 6.45) is 1.70. The fourth-order valence-corrected chi connectivity index (χ4v) is 1.42. The molecule has 0 spiro atoms. The normalized spacial score (nSPS) is 20.2. The third-order valence-corrected chi connectivity index (χ3v) is 2.29. The molecular formula is C9H16O4. The van der Waals surface area contributed by atoms with Gasteiger partial charge in [-0.15, -0.1) is 0 Å². The Morgan fingerprint density at radius 3 is 2.54 bits per heavy atom. The first-order valence-corrected chi connectivity index (χ1v) is 4.57. The van der Waals surface area contributed by atoms with E-state index in [9.17, 15) is 4.79 Å². The van der Waals surface area contributed by atoms with Gasteiger partial charge in [0, 0.05) is 6.42 Å². The second-order valence-electron chi connectivity index (χ2n) is 3.04. The number of methoxy groups -OCH3 is 1. The first kappa shape index (κ1) is 10.5. The number of hydrogen-bond donors (Lipinski definition) is 0. The van der Waals surface area contributed by atoms with E-state index in [4.69, 9.17) is 9.47 Å². The van der Waals surface area contributed by atoms with Crippen molar-refractivity contribution in [3.05, 3.63) is 0 Å². The van der Waals surface area contributed by atoms with Crippen molar-refractivity contribution in [2.24, 2.45) is 0 Å². The van der Waals surface area contributed by atoms with E-state index in [2.05, 4.69) is 4.74 Å². The third-order valence-electron chi connectivity index (χ3n) is 2.29. The van der Waals surface area contributed by atoms with Crippen molar-refractivity contribution in [3.8, 4) is 0 Å². The number of esters is 1. The molecule has 13 heavy (non-hydrogen) atoms. The Balaban J connectivity index is 2.35. The van der Waals surface area contributed by atoms with Gasteiger partial charge in [-0.05, 0) is 6.42 Å². The largest absolute Gasteiger partial charge is 0.469 e. The summed E-state index contributed by atoms with van der Waals surface area (Å²) >= 11 is 0. The zero-order chi connectivity index (χ0) is 9.73. The van der Waals surface area contributed by atoms with Crippen LogP contribution in [0.1, 0.15) is 26.2 Å². The SMILES string of the molecule is CCC1(CCC(=O)OC)OCCO1. The molecule has 1 fully saturated rings. The molecule has 0 radical (unpaired) electrons. The fourth-order valence-electron chi connectivity index (χ4n) is 1.42. The van der Waals surface area contributed by atoms with Gasteiger partial charge in [0.2, 0.25) is 0 Å². The highest BCUT2D eigenvalue weighted by molar-refractivity contribution is 5.69. The van der Waals surface area contributed by atoms with E-state index in [-0.39, 0.29) is 5.97 Å². The van der Waals surface area contributed by atoms with Crippen molar-refractivity contribution in [3.63, 3.8) is 0 Å². The van der Waals surface area contributed by atoms with Crippen LogP contribution in [0.15, 0.2) is 0 Å². The molecule has 0 N–H and O–H groups in total. The van der Waals surface area contributed by atoms with Gasteiger partial charge in [-0.25, -0.2) is 0 Å². The van der Waals surface area contributed by atoms with E-state index >= 15 is 0 Å². The lowest BCUT2D eigenvalue weighted by Crippen LogP contribution is -2.30. The van der Waals surface area contributed by atoms with Crippen molar-refractivity contribution in [2.45, 2.75) is 32.0 Å². The van der Waals surface area contributed by atoms with E-state index < -0.39 is 5.79 Å². The molecule has 1 rings (SSSR count). The molecule has 0 unspecified atom stereocenters. The molecule has 0 aromatic carbocycles. The maximum atomic E-state index is 10.9. The number of hydrogen-bond acceptors (Lipinski definition) is 4. The van der Waals surface area contributed by atoms with Gasteiger partial charge in [0.25, 0.3) is 0 Å². The van der Waals surface area contributed by atoms with Gasteiger partial charge in [-0.2, -0.15) is 0 Å². The fraction of sp³-hybridized carbons (Fsp3) is 0.889. The number of carbonyl (C=O) groups is 1. The van der Waals surface area contributed by atoms with Gasteiger partial charge in [-0.1, -0.05) is 6.92 Å². The van der Waals surface area contributed by atoms with Crippen LogP contribution in [0, 0.1) is 0 Å². The minimum atomic E-state index is -0.534. The predicted octanol–water partition coefficient (Wildman–Crippen LogP) is 1.09. The quantitative estimate of drug-likeness (QED) is 0.619. The monoisotopic (exact) mass is 188 g/mol. The van der Waals surface area contributed by atoms with Crippen molar-refractivity contribution >= 4 is 5.97 Å². The number of carbonyl (C=O) groups excluding carboxylic acids is 1. The molecule has 0 saturated carbocycles. The van der Waals surface area contributed by atoms with Gasteiger partial charge in [-0.3, -0.25) is 4.79 Å². The molecule has 4 nitrogen and oxygen atoms in total. The first-order chi connectivity index (χ1) is 6.22. The molecule has 0 atom stereocenters. The molecule has 4 heteroatoms.